The number of esters is 1. The minimum absolute atomic E-state index is 0.00349. The zero-order valence-electron chi connectivity index (χ0n) is 9.77. The Bertz CT molecular complexity index is 417. The van der Waals surface area contributed by atoms with Crippen molar-refractivity contribution in [2.24, 2.45) is 0 Å². The van der Waals surface area contributed by atoms with Gasteiger partial charge in [-0.3, -0.25) is 4.79 Å². The highest BCUT2D eigenvalue weighted by Crippen LogP contribution is 2.11. The van der Waals surface area contributed by atoms with E-state index in [-0.39, 0.29) is 5.75 Å². The molecule has 0 bridgehead atoms. The number of benzene rings is 1. The fraction of sp³-hybridized carbons (Fsp3) is 0.333. The van der Waals surface area contributed by atoms with E-state index in [4.69, 9.17) is 0 Å². The van der Waals surface area contributed by atoms with Crippen molar-refractivity contribution in [3.05, 3.63) is 29.8 Å². The summed E-state index contributed by atoms with van der Waals surface area (Å²) in [5.41, 5.74) is 0.298. The van der Waals surface area contributed by atoms with Gasteiger partial charge in [-0.2, -0.15) is 0 Å². The molecule has 0 radical (unpaired) electrons. The lowest BCUT2D eigenvalue weighted by atomic mass is 10.1. The second-order valence-corrected chi connectivity index (χ2v) is 3.51. The van der Waals surface area contributed by atoms with Crippen LogP contribution in [-0.2, 0) is 9.53 Å². The molecule has 1 amide bonds. The van der Waals surface area contributed by atoms with E-state index in [2.05, 4.69) is 10.1 Å². The maximum Gasteiger partial charge on any atom is 0.328 e. The fourth-order valence-electron chi connectivity index (χ4n) is 1.36. The minimum Gasteiger partial charge on any atom is -0.508 e. The number of phenols is 1. The molecule has 0 aromatic heterocycles. The molecule has 5 heteroatoms. The van der Waals surface area contributed by atoms with Crippen molar-refractivity contribution in [1.82, 2.24) is 5.32 Å². The fourth-order valence-corrected chi connectivity index (χ4v) is 1.36. The Kier molecular flexibility index (Phi) is 4.51. The smallest absolute Gasteiger partial charge is 0.328 e. The van der Waals surface area contributed by atoms with Crippen molar-refractivity contribution in [2.75, 3.05) is 7.11 Å². The largest absolute Gasteiger partial charge is 0.508 e. The van der Waals surface area contributed by atoms with Gasteiger partial charge in [0.25, 0.3) is 5.91 Å². The van der Waals surface area contributed by atoms with Crippen LogP contribution in [0.4, 0.5) is 0 Å². The van der Waals surface area contributed by atoms with Gasteiger partial charge in [-0.15, -0.1) is 0 Å². The highest BCUT2D eigenvalue weighted by Gasteiger charge is 2.19. The third kappa shape index (κ3) is 3.48. The second-order valence-electron chi connectivity index (χ2n) is 3.51. The highest BCUT2D eigenvalue weighted by molar-refractivity contribution is 5.97. The van der Waals surface area contributed by atoms with Gasteiger partial charge < -0.3 is 15.2 Å². The van der Waals surface area contributed by atoms with Gasteiger partial charge in [0.1, 0.15) is 11.8 Å². The van der Waals surface area contributed by atoms with Gasteiger partial charge in [0, 0.05) is 5.56 Å². The van der Waals surface area contributed by atoms with Crippen molar-refractivity contribution >= 4 is 11.9 Å². The Morgan fingerprint density at radius 1 is 1.47 bits per heavy atom. The highest BCUT2D eigenvalue weighted by atomic mass is 16.5. The number of carbonyl (C=O) groups is 2. The van der Waals surface area contributed by atoms with Gasteiger partial charge >= 0.3 is 5.97 Å². The maximum atomic E-state index is 11.8. The topological polar surface area (TPSA) is 75.6 Å². The van der Waals surface area contributed by atoms with Crippen LogP contribution in [0.15, 0.2) is 24.3 Å². The third-order valence-electron chi connectivity index (χ3n) is 2.31. The van der Waals surface area contributed by atoms with Crippen LogP contribution in [0.1, 0.15) is 23.7 Å². The molecule has 0 heterocycles. The van der Waals surface area contributed by atoms with Gasteiger partial charge in [-0.25, -0.2) is 4.79 Å². The molecule has 1 aromatic rings. The van der Waals surface area contributed by atoms with Crippen LogP contribution in [0.2, 0.25) is 0 Å². The summed E-state index contributed by atoms with van der Waals surface area (Å²) >= 11 is 0. The zero-order chi connectivity index (χ0) is 12.8. The first-order chi connectivity index (χ1) is 8.08. The Morgan fingerprint density at radius 3 is 2.71 bits per heavy atom. The first-order valence-electron chi connectivity index (χ1n) is 5.26. The molecule has 0 spiro atoms. The molecule has 17 heavy (non-hydrogen) atoms. The van der Waals surface area contributed by atoms with Gasteiger partial charge in [-0.1, -0.05) is 13.0 Å². The Morgan fingerprint density at radius 2 is 2.18 bits per heavy atom. The summed E-state index contributed by atoms with van der Waals surface area (Å²) in [5, 5.41) is 11.8. The van der Waals surface area contributed by atoms with Crippen molar-refractivity contribution in [1.29, 1.82) is 0 Å². The van der Waals surface area contributed by atoms with E-state index >= 15 is 0 Å². The lowest BCUT2D eigenvalue weighted by Crippen LogP contribution is -2.40. The van der Waals surface area contributed by atoms with Crippen LogP contribution in [0.5, 0.6) is 5.75 Å². The maximum absolute atomic E-state index is 11.8. The number of nitrogens with one attached hydrogen (secondary N) is 1. The molecular formula is C12H15NO4. The first-order valence-corrected chi connectivity index (χ1v) is 5.26. The molecule has 0 fully saturated rings. The second kappa shape index (κ2) is 5.89. The van der Waals surface area contributed by atoms with Gasteiger partial charge in [0.2, 0.25) is 0 Å². The number of rotatable bonds is 4. The lowest BCUT2D eigenvalue weighted by molar-refractivity contribution is -0.142. The summed E-state index contributed by atoms with van der Waals surface area (Å²) in [6.45, 7) is 1.77. The average Bonchev–Trinajstić information content (AvgIpc) is 2.34. The molecular weight excluding hydrogens is 222 g/mol. The molecule has 0 aliphatic heterocycles. The molecule has 1 rings (SSSR count). The van der Waals surface area contributed by atoms with E-state index in [1.807, 2.05) is 0 Å². The van der Waals surface area contributed by atoms with Crippen LogP contribution in [0.25, 0.3) is 0 Å². The van der Waals surface area contributed by atoms with Crippen LogP contribution >= 0.6 is 0 Å². The number of phenolic OH excluding ortho intramolecular Hbond substituents is 1. The van der Waals surface area contributed by atoms with Crippen molar-refractivity contribution < 1.29 is 19.4 Å². The predicted octanol–water partition coefficient (Wildman–Crippen LogP) is 1.07. The van der Waals surface area contributed by atoms with E-state index in [0.29, 0.717) is 12.0 Å². The van der Waals surface area contributed by atoms with Crippen molar-refractivity contribution in [2.45, 2.75) is 19.4 Å². The summed E-state index contributed by atoms with van der Waals surface area (Å²) in [6, 6.07) is 5.24. The van der Waals surface area contributed by atoms with Crippen LogP contribution in [-0.4, -0.2) is 30.1 Å². The first kappa shape index (κ1) is 13.0. The lowest BCUT2D eigenvalue weighted by Gasteiger charge is -2.14. The SMILES string of the molecule is CC[C@H](NC(=O)c1cccc(O)c1)C(=O)OC. The number of amides is 1. The Hall–Kier alpha value is -2.04. The molecule has 0 aliphatic carbocycles. The summed E-state index contributed by atoms with van der Waals surface area (Å²) in [4.78, 5) is 23.0. The summed E-state index contributed by atoms with van der Waals surface area (Å²) < 4.78 is 4.56. The molecule has 0 saturated carbocycles. The van der Waals surface area contributed by atoms with Gasteiger partial charge in [0.15, 0.2) is 0 Å². The number of carbonyl (C=O) groups excluding carboxylic acids is 2. The molecule has 1 aromatic carbocycles. The molecule has 1 atom stereocenters. The summed E-state index contributed by atoms with van der Waals surface area (Å²) in [6.07, 6.45) is 0.442. The van der Waals surface area contributed by atoms with Crippen LogP contribution in [0.3, 0.4) is 0 Å². The number of hydrogen-bond acceptors (Lipinski definition) is 4. The summed E-state index contributed by atoms with van der Waals surface area (Å²) in [5.74, 6) is -0.900. The molecule has 0 unspecified atom stereocenters. The molecule has 0 saturated heterocycles. The minimum atomic E-state index is -0.671. The van der Waals surface area contributed by atoms with E-state index < -0.39 is 17.9 Å². The van der Waals surface area contributed by atoms with Crippen molar-refractivity contribution in [3.63, 3.8) is 0 Å². The standard InChI is InChI=1S/C12H15NO4/c1-3-10(12(16)17-2)13-11(15)8-5-4-6-9(14)7-8/h4-7,10,14H,3H2,1-2H3,(H,13,15)/t10-/m0/s1. The van der Waals surface area contributed by atoms with E-state index in [9.17, 15) is 14.7 Å². The van der Waals surface area contributed by atoms with E-state index in [0.717, 1.165) is 0 Å². The molecule has 92 valence electrons. The number of hydrogen-bond donors (Lipinski definition) is 2. The molecule has 2 N–H and O–H groups in total. The van der Waals surface area contributed by atoms with Crippen LogP contribution < -0.4 is 5.32 Å². The normalized spacial score (nSPS) is 11.6. The Balaban J connectivity index is 2.74. The Labute approximate surface area is 99.4 Å². The number of aromatic hydroxyl groups is 1. The van der Waals surface area contributed by atoms with Gasteiger partial charge in [0.05, 0.1) is 7.11 Å². The van der Waals surface area contributed by atoms with Gasteiger partial charge in [-0.05, 0) is 24.6 Å². The van der Waals surface area contributed by atoms with E-state index in [1.54, 1.807) is 19.1 Å². The molecule has 0 aliphatic rings. The van der Waals surface area contributed by atoms with E-state index in [1.165, 1.54) is 19.2 Å². The quantitative estimate of drug-likeness (QED) is 0.768. The zero-order valence-corrected chi connectivity index (χ0v) is 9.77. The third-order valence-corrected chi connectivity index (χ3v) is 2.31. The monoisotopic (exact) mass is 237 g/mol. The average molecular weight is 237 g/mol. The predicted molar refractivity (Wildman–Crippen MR) is 61.7 cm³/mol. The summed E-state index contributed by atoms with van der Waals surface area (Å²) in [7, 11) is 1.27. The van der Waals surface area contributed by atoms with Crippen LogP contribution in [0, 0.1) is 0 Å². The number of ether oxygens (including phenoxy) is 1. The van der Waals surface area contributed by atoms with Crippen molar-refractivity contribution in [3.8, 4) is 5.75 Å². The number of methoxy groups -OCH3 is 1. The molecule has 5 nitrogen and oxygen atoms in total.